The Labute approximate surface area is 210 Å². The van der Waals surface area contributed by atoms with Gasteiger partial charge in [-0.2, -0.15) is 0 Å². The molecule has 0 saturated carbocycles. The van der Waals surface area contributed by atoms with Crippen LogP contribution in [0.4, 0.5) is 0 Å². The number of nitrogens with zero attached hydrogens (tertiary/aromatic N) is 2. The van der Waals surface area contributed by atoms with E-state index in [-0.39, 0.29) is 5.76 Å². The van der Waals surface area contributed by atoms with Crippen LogP contribution in [0.2, 0.25) is 5.02 Å². The lowest BCUT2D eigenvalue weighted by atomic mass is 9.84. The van der Waals surface area contributed by atoms with E-state index >= 15 is 0 Å². The zero-order valence-corrected chi connectivity index (χ0v) is 20.5. The second-order valence-corrected chi connectivity index (χ2v) is 9.67. The molecule has 1 fully saturated rings. The van der Waals surface area contributed by atoms with Crippen LogP contribution in [-0.4, -0.2) is 39.7 Å². The number of piperidine rings is 1. The van der Waals surface area contributed by atoms with Crippen LogP contribution in [0.3, 0.4) is 0 Å². The van der Waals surface area contributed by atoms with Gasteiger partial charge in [-0.3, -0.25) is 0 Å². The first kappa shape index (κ1) is 23.6. The van der Waals surface area contributed by atoms with Gasteiger partial charge in [0.25, 0.3) is 0 Å². The minimum absolute atomic E-state index is 0.251. The maximum absolute atomic E-state index is 11.2. The van der Waals surface area contributed by atoms with E-state index in [4.69, 9.17) is 16.3 Å². The number of rotatable bonds is 4. The molecule has 1 saturated heterocycles. The summed E-state index contributed by atoms with van der Waals surface area (Å²) < 4.78 is 6.14. The third-order valence-electron chi connectivity index (χ3n) is 6.92. The van der Waals surface area contributed by atoms with Crippen molar-refractivity contribution in [2.24, 2.45) is 0 Å². The summed E-state index contributed by atoms with van der Waals surface area (Å²) in [6, 6.07) is 17.1. The minimum Gasteiger partial charge on any atom is -0.512 e. The van der Waals surface area contributed by atoms with Crippen molar-refractivity contribution in [3.8, 4) is 11.6 Å². The van der Waals surface area contributed by atoms with Crippen molar-refractivity contribution in [2.45, 2.75) is 31.8 Å². The van der Waals surface area contributed by atoms with Crippen LogP contribution in [0.15, 0.2) is 66.9 Å². The zero-order valence-electron chi connectivity index (χ0n) is 19.7. The lowest BCUT2D eigenvalue weighted by molar-refractivity contribution is -0.0254. The Morgan fingerprint density at radius 2 is 1.89 bits per heavy atom. The summed E-state index contributed by atoms with van der Waals surface area (Å²) in [4.78, 5) is 6.84. The molecule has 5 rings (SSSR count). The first-order valence-electron chi connectivity index (χ1n) is 12.0. The molecule has 0 aliphatic carbocycles. The maximum Gasteiger partial charge on any atom is 0.227 e. The van der Waals surface area contributed by atoms with E-state index in [9.17, 15) is 10.2 Å². The number of fused-ring (bicyclic) bond motifs is 2. The molecule has 180 valence electrons. The molecule has 3 heterocycles. The van der Waals surface area contributed by atoms with Gasteiger partial charge in [-0.25, -0.2) is 4.98 Å². The highest BCUT2D eigenvalue weighted by molar-refractivity contribution is 6.30. The number of halogens is 1. The summed E-state index contributed by atoms with van der Waals surface area (Å²) in [5.74, 6) is 1.49. The van der Waals surface area contributed by atoms with E-state index in [1.165, 1.54) is 0 Å². The predicted octanol–water partition coefficient (Wildman–Crippen LogP) is 4.76. The fraction of sp³-hybridized carbons (Fsp3) is 0.276. The zero-order chi connectivity index (χ0) is 24.4. The highest BCUT2D eigenvalue weighted by Crippen LogP contribution is 2.34. The van der Waals surface area contributed by atoms with Crippen LogP contribution >= 0.6 is 11.6 Å². The molecular formula is C29H29ClN2O3. The first-order chi connectivity index (χ1) is 16.9. The Morgan fingerprint density at radius 1 is 1.11 bits per heavy atom. The van der Waals surface area contributed by atoms with Crippen molar-refractivity contribution >= 4 is 29.0 Å². The second-order valence-electron chi connectivity index (χ2n) is 9.23. The Bertz CT molecular complexity index is 1370. The lowest BCUT2D eigenvalue weighted by Crippen LogP contribution is -2.42. The van der Waals surface area contributed by atoms with Gasteiger partial charge < -0.3 is 19.8 Å². The van der Waals surface area contributed by atoms with E-state index in [1.807, 2.05) is 54.6 Å². The lowest BCUT2D eigenvalue weighted by Gasteiger charge is -2.38. The third kappa shape index (κ3) is 4.98. The molecule has 5 nitrogen and oxygen atoms in total. The van der Waals surface area contributed by atoms with Gasteiger partial charge in [-0.15, -0.1) is 0 Å². The molecule has 0 radical (unpaired) electrons. The quantitative estimate of drug-likeness (QED) is 0.554. The molecule has 2 aliphatic rings. The SMILES string of the molecule is CC(O)=c1cccc2c1=CC(=CCCN1CCC(O)(c3ccc(Cl)cc3)CC1)c1cccnc1O2. The molecule has 0 spiro atoms. The molecule has 0 bridgehead atoms. The number of allylic oxidation sites excluding steroid dienone is 1. The van der Waals surface area contributed by atoms with Crippen molar-refractivity contribution in [3.63, 3.8) is 0 Å². The van der Waals surface area contributed by atoms with Crippen LogP contribution in [0, 0.1) is 0 Å². The summed E-state index contributed by atoms with van der Waals surface area (Å²) in [7, 11) is 0. The Kier molecular flexibility index (Phi) is 6.65. The number of pyridine rings is 1. The van der Waals surface area contributed by atoms with Gasteiger partial charge in [0, 0.05) is 46.9 Å². The van der Waals surface area contributed by atoms with Gasteiger partial charge in [0.15, 0.2) is 0 Å². The minimum atomic E-state index is -0.796. The Balaban J connectivity index is 1.35. The van der Waals surface area contributed by atoms with Crippen molar-refractivity contribution in [2.75, 3.05) is 19.6 Å². The average molecular weight is 489 g/mol. The van der Waals surface area contributed by atoms with Crippen LogP contribution in [0.25, 0.3) is 17.4 Å². The number of benzene rings is 2. The highest BCUT2D eigenvalue weighted by atomic mass is 35.5. The van der Waals surface area contributed by atoms with Crippen LogP contribution in [0.1, 0.15) is 37.3 Å². The first-order valence-corrected chi connectivity index (χ1v) is 12.4. The molecule has 6 heteroatoms. The van der Waals surface area contributed by atoms with E-state index in [0.717, 1.165) is 53.2 Å². The number of aliphatic hydroxyl groups excluding tert-OH is 1. The molecular weight excluding hydrogens is 460 g/mol. The van der Waals surface area contributed by atoms with Crippen molar-refractivity contribution in [1.29, 1.82) is 0 Å². The van der Waals surface area contributed by atoms with E-state index in [2.05, 4.69) is 22.0 Å². The largest absolute Gasteiger partial charge is 0.512 e. The van der Waals surface area contributed by atoms with Crippen molar-refractivity contribution in [1.82, 2.24) is 9.88 Å². The van der Waals surface area contributed by atoms with E-state index < -0.39 is 5.60 Å². The number of hydrogen-bond acceptors (Lipinski definition) is 5. The number of aliphatic hydroxyl groups is 2. The molecule has 1 aromatic heterocycles. The van der Waals surface area contributed by atoms with Gasteiger partial charge in [0.1, 0.15) is 5.75 Å². The molecule has 0 unspecified atom stereocenters. The molecule has 2 aromatic carbocycles. The number of likely N-dealkylation sites (tertiary alicyclic amines) is 1. The summed E-state index contributed by atoms with van der Waals surface area (Å²) in [6.07, 6.45) is 8.25. The third-order valence-corrected chi connectivity index (χ3v) is 7.17. The van der Waals surface area contributed by atoms with Gasteiger partial charge in [-0.05, 0) is 73.7 Å². The van der Waals surface area contributed by atoms with Crippen LogP contribution in [0.5, 0.6) is 11.6 Å². The van der Waals surface area contributed by atoms with Crippen LogP contribution < -0.4 is 15.2 Å². The fourth-order valence-corrected chi connectivity index (χ4v) is 5.02. The van der Waals surface area contributed by atoms with Crippen molar-refractivity contribution < 1.29 is 14.9 Å². The van der Waals surface area contributed by atoms with Crippen LogP contribution in [-0.2, 0) is 5.60 Å². The normalized spacial score (nSPS) is 19.1. The fourth-order valence-electron chi connectivity index (χ4n) is 4.89. The monoisotopic (exact) mass is 488 g/mol. The van der Waals surface area contributed by atoms with Gasteiger partial charge in [0.05, 0.1) is 11.4 Å². The number of hydrogen-bond donors (Lipinski definition) is 2. The summed E-state index contributed by atoms with van der Waals surface area (Å²) in [6.45, 7) is 4.24. The molecule has 0 atom stereocenters. The van der Waals surface area contributed by atoms with E-state index in [0.29, 0.717) is 29.5 Å². The highest BCUT2D eigenvalue weighted by Gasteiger charge is 2.33. The average Bonchev–Trinajstić information content (AvgIpc) is 3.02. The maximum atomic E-state index is 11.2. The standard InChI is InChI=1S/C29H29ClN2O3/c1-20(33)24-6-2-8-27-26(24)19-21(25-7-3-15-31-28(25)35-27)5-4-16-32-17-13-29(34,14-18-32)22-9-11-23(30)12-10-22/h2-3,5-12,15,19,33-34H,4,13-14,16-18H2,1H3. The summed E-state index contributed by atoms with van der Waals surface area (Å²) >= 11 is 6.01. The molecule has 2 aliphatic heterocycles. The van der Waals surface area contributed by atoms with Gasteiger partial charge in [0.2, 0.25) is 5.88 Å². The van der Waals surface area contributed by atoms with Gasteiger partial charge >= 0.3 is 0 Å². The topological polar surface area (TPSA) is 65.8 Å². The number of aromatic nitrogens is 1. The summed E-state index contributed by atoms with van der Waals surface area (Å²) in [5.41, 5.74) is 2.09. The molecule has 2 N–H and O–H groups in total. The summed E-state index contributed by atoms with van der Waals surface area (Å²) in [5, 5.41) is 23.7. The van der Waals surface area contributed by atoms with Gasteiger partial charge in [-0.1, -0.05) is 41.9 Å². The van der Waals surface area contributed by atoms with E-state index in [1.54, 1.807) is 13.1 Å². The predicted molar refractivity (Wildman–Crippen MR) is 140 cm³/mol. The Hall–Kier alpha value is -3.12. The molecule has 3 aromatic rings. The second kappa shape index (κ2) is 9.86. The molecule has 35 heavy (non-hydrogen) atoms. The smallest absolute Gasteiger partial charge is 0.227 e. The molecule has 0 amide bonds. The number of ether oxygens (including phenoxy) is 1. The Morgan fingerprint density at radius 3 is 2.63 bits per heavy atom. The van der Waals surface area contributed by atoms with Crippen molar-refractivity contribution in [3.05, 3.63) is 93.5 Å².